The lowest BCUT2D eigenvalue weighted by Gasteiger charge is -2.24. The Morgan fingerprint density at radius 2 is 1.83 bits per heavy atom. The van der Waals surface area contributed by atoms with E-state index in [2.05, 4.69) is 73.1 Å². The predicted molar refractivity (Wildman–Crippen MR) is 76.0 cm³/mol. The molecule has 0 saturated carbocycles. The number of nitrogens with zero attached hydrogens (tertiary/aromatic N) is 2. The molecule has 0 spiro atoms. The van der Waals surface area contributed by atoms with E-state index in [0.717, 1.165) is 0 Å². The van der Waals surface area contributed by atoms with Crippen LogP contribution in [0.25, 0.3) is 5.69 Å². The number of likely N-dealkylation sites (N-methyl/N-ethyl adjacent to an activating group) is 1. The van der Waals surface area contributed by atoms with Gasteiger partial charge in [0.2, 0.25) is 0 Å². The van der Waals surface area contributed by atoms with Gasteiger partial charge in [-0.05, 0) is 45.3 Å². The van der Waals surface area contributed by atoms with Gasteiger partial charge in [-0.2, -0.15) is 0 Å². The van der Waals surface area contributed by atoms with Crippen molar-refractivity contribution in [3.63, 3.8) is 0 Å². The second-order valence-corrected chi connectivity index (χ2v) is 4.85. The van der Waals surface area contributed by atoms with Crippen molar-refractivity contribution in [3.8, 4) is 5.69 Å². The third-order valence-electron chi connectivity index (χ3n) is 3.28. The van der Waals surface area contributed by atoms with Crippen molar-refractivity contribution in [1.29, 1.82) is 0 Å². The fourth-order valence-electron chi connectivity index (χ4n) is 2.20. The first-order chi connectivity index (χ1) is 8.63. The minimum Gasteiger partial charge on any atom is -0.329 e. The summed E-state index contributed by atoms with van der Waals surface area (Å²) in [6.07, 6.45) is 2.09. The number of hydrogen-bond donors (Lipinski definition) is 1. The molecule has 2 rings (SSSR count). The summed E-state index contributed by atoms with van der Waals surface area (Å²) in [6.45, 7) is 2.71. The van der Waals surface area contributed by atoms with Crippen LogP contribution in [-0.2, 0) is 0 Å². The van der Waals surface area contributed by atoms with Crippen LogP contribution < -0.4 is 5.73 Å². The van der Waals surface area contributed by atoms with Crippen LogP contribution in [0.15, 0.2) is 42.6 Å². The molecular weight excluding hydrogens is 222 g/mol. The third-order valence-corrected chi connectivity index (χ3v) is 3.28. The predicted octanol–water partition coefficient (Wildman–Crippen LogP) is 2.35. The maximum Gasteiger partial charge on any atom is 0.0623 e. The van der Waals surface area contributed by atoms with Crippen LogP contribution in [0.1, 0.15) is 17.3 Å². The second kappa shape index (κ2) is 5.38. The van der Waals surface area contributed by atoms with Crippen LogP contribution in [0.4, 0.5) is 0 Å². The van der Waals surface area contributed by atoms with Gasteiger partial charge in [-0.25, -0.2) is 0 Å². The molecule has 18 heavy (non-hydrogen) atoms. The van der Waals surface area contributed by atoms with Gasteiger partial charge >= 0.3 is 0 Å². The quantitative estimate of drug-likeness (QED) is 0.894. The van der Waals surface area contributed by atoms with Gasteiger partial charge in [-0.15, -0.1) is 0 Å². The Bertz CT molecular complexity index is 497. The van der Waals surface area contributed by atoms with Gasteiger partial charge in [0.05, 0.1) is 6.04 Å². The molecule has 3 nitrogen and oxygen atoms in total. The Morgan fingerprint density at radius 1 is 1.17 bits per heavy atom. The monoisotopic (exact) mass is 243 g/mol. The fourth-order valence-corrected chi connectivity index (χ4v) is 2.20. The molecule has 1 aromatic carbocycles. The first-order valence-electron chi connectivity index (χ1n) is 6.24. The molecule has 0 radical (unpaired) electrons. The number of benzene rings is 1. The minimum atomic E-state index is 0.237. The average molecular weight is 243 g/mol. The lowest BCUT2D eigenvalue weighted by atomic mass is 10.1. The Labute approximate surface area is 109 Å². The van der Waals surface area contributed by atoms with Crippen molar-refractivity contribution in [1.82, 2.24) is 9.47 Å². The smallest absolute Gasteiger partial charge is 0.0623 e. The fraction of sp³-hybridized carbons (Fsp3) is 0.333. The largest absolute Gasteiger partial charge is 0.329 e. The van der Waals surface area contributed by atoms with E-state index in [0.29, 0.717) is 6.54 Å². The molecule has 0 aliphatic carbocycles. The summed E-state index contributed by atoms with van der Waals surface area (Å²) in [7, 11) is 4.12. The SMILES string of the molecule is Cc1ccc(-n2cccc2[C@@H](CN)N(C)C)cc1. The maximum absolute atomic E-state index is 5.88. The van der Waals surface area contributed by atoms with Crippen LogP contribution in [0, 0.1) is 6.92 Å². The second-order valence-electron chi connectivity index (χ2n) is 4.85. The highest BCUT2D eigenvalue weighted by Crippen LogP contribution is 2.21. The van der Waals surface area contributed by atoms with Crippen LogP contribution >= 0.6 is 0 Å². The molecule has 2 N–H and O–H groups in total. The summed E-state index contributed by atoms with van der Waals surface area (Å²) in [5, 5.41) is 0. The molecule has 1 atom stereocenters. The molecule has 0 amide bonds. The van der Waals surface area contributed by atoms with Gasteiger partial charge in [-0.3, -0.25) is 4.90 Å². The summed E-state index contributed by atoms with van der Waals surface area (Å²) < 4.78 is 2.21. The molecule has 0 unspecified atom stereocenters. The van der Waals surface area contributed by atoms with Gasteiger partial charge < -0.3 is 10.3 Å². The molecule has 96 valence electrons. The van der Waals surface area contributed by atoms with Gasteiger partial charge in [0.15, 0.2) is 0 Å². The Hall–Kier alpha value is -1.58. The summed E-state index contributed by atoms with van der Waals surface area (Å²) in [5.41, 5.74) is 9.56. The topological polar surface area (TPSA) is 34.2 Å². The van der Waals surface area contributed by atoms with Gasteiger partial charge in [0.25, 0.3) is 0 Å². The maximum atomic E-state index is 5.88. The minimum absolute atomic E-state index is 0.237. The Morgan fingerprint density at radius 3 is 2.39 bits per heavy atom. The van der Waals surface area contributed by atoms with E-state index in [9.17, 15) is 0 Å². The normalized spacial score (nSPS) is 12.9. The van der Waals surface area contributed by atoms with E-state index in [1.165, 1.54) is 16.9 Å². The van der Waals surface area contributed by atoms with E-state index in [-0.39, 0.29) is 6.04 Å². The molecule has 1 heterocycles. The zero-order chi connectivity index (χ0) is 13.1. The lowest BCUT2D eigenvalue weighted by molar-refractivity contribution is 0.297. The van der Waals surface area contributed by atoms with Crippen LogP contribution in [-0.4, -0.2) is 30.1 Å². The van der Waals surface area contributed by atoms with E-state index < -0.39 is 0 Å². The molecule has 0 aliphatic heterocycles. The van der Waals surface area contributed by atoms with Crippen LogP contribution in [0.5, 0.6) is 0 Å². The zero-order valence-corrected chi connectivity index (χ0v) is 11.3. The van der Waals surface area contributed by atoms with Crippen molar-refractivity contribution in [2.45, 2.75) is 13.0 Å². The van der Waals surface area contributed by atoms with Crippen molar-refractivity contribution in [3.05, 3.63) is 53.9 Å². The van der Waals surface area contributed by atoms with E-state index in [4.69, 9.17) is 5.73 Å². The molecule has 1 aromatic heterocycles. The molecule has 0 bridgehead atoms. The van der Waals surface area contributed by atoms with Gasteiger partial charge in [0.1, 0.15) is 0 Å². The third kappa shape index (κ3) is 2.47. The standard InChI is InChI=1S/C15H21N3/c1-12-6-8-13(9-7-12)18-10-4-5-14(18)15(11-16)17(2)3/h4-10,15H,11,16H2,1-3H3/t15-/m1/s1. The van der Waals surface area contributed by atoms with E-state index in [1.54, 1.807) is 0 Å². The number of rotatable bonds is 4. The van der Waals surface area contributed by atoms with Crippen LogP contribution in [0.3, 0.4) is 0 Å². The Kier molecular flexibility index (Phi) is 3.84. The van der Waals surface area contributed by atoms with E-state index >= 15 is 0 Å². The number of nitrogens with two attached hydrogens (primary N) is 1. The molecule has 0 aliphatic rings. The summed E-state index contributed by atoms with van der Waals surface area (Å²) in [6, 6.07) is 13.0. The molecule has 2 aromatic rings. The van der Waals surface area contributed by atoms with Gasteiger partial charge in [0, 0.05) is 24.1 Å². The van der Waals surface area contributed by atoms with Crippen molar-refractivity contribution in [2.75, 3.05) is 20.6 Å². The molecule has 0 fully saturated rings. The summed E-state index contributed by atoms with van der Waals surface area (Å²) >= 11 is 0. The van der Waals surface area contributed by atoms with Crippen molar-refractivity contribution < 1.29 is 0 Å². The van der Waals surface area contributed by atoms with Crippen molar-refractivity contribution in [2.24, 2.45) is 5.73 Å². The first-order valence-corrected chi connectivity index (χ1v) is 6.24. The van der Waals surface area contributed by atoms with Crippen molar-refractivity contribution >= 4 is 0 Å². The van der Waals surface area contributed by atoms with Gasteiger partial charge in [-0.1, -0.05) is 17.7 Å². The first kappa shape index (κ1) is 12.9. The Balaban J connectivity index is 2.41. The molecule has 0 saturated heterocycles. The van der Waals surface area contributed by atoms with E-state index in [1.807, 2.05) is 0 Å². The number of hydrogen-bond acceptors (Lipinski definition) is 2. The summed E-state index contributed by atoms with van der Waals surface area (Å²) in [4.78, 5) is 2.15. The highest BCUT2D eigenvalue weighted by molar-refractivity contribution is 5.37. The highest BCUT2D eigenvalue weighted by atomic mass is 15.1. The zero-order valence-electron chi connectivity index (χ0n) is 11.3. The summed E-state index contributed by atoms with van der Waals surface area (Å²) in [5.74, 6) is 0. The average Bonchev–Trinajstić information content (AvgIpc) is 2.79. The highest BCUT2D eigenvalue weighted by Gasteiger charge is 2.16. The molecular formula is C15H21N3. The lowest BCUT2D eigenvalue weighted by Crippen LogP contribution is -2.28. The molecule has 3 heteroatoms. The number of aryl methyl sites for hydroxylation is 1. The van der Waals surface area contributed by atoms with Crippen LogP contribution in [0.2, 0.25) is 0 Å². The number of aromatic nitrogens is 1.